The van der Waals surface area contributed by atoms with Crippen LogP contribution in [0.2, 0.25) is 0 Å². The van der Waals surface area contributed by atoms with E-state index in [1.165, 1.54) is 0 Å². The average molecular weight is 241 g/mol. The van der Waals surface area contributed by atoms with Gasteiger partial charge in [-0.15, -0.1) is 0 Å². The number of rotatable bonds is 2. The van der Waals surface area contributed by atoms with Crippen LogP contribution in [0.1, 0.15) is 5.56 Å². The van der Waals surface area contributed by atoms with Crippen LogP contribution in [0.3, 0.4) is 0 Å². The Morgan fingerprint density at radius 1 is 1.12 bits per heavy atom. The fraction of sp³-hybridized carbons (Fsp3) is 0.0769. The number of para-hydroxylation sites is 2. The van der Waals surface area contributed by atoms with Crippen molar-refractivity contribution in [2.75, 3.05) is 0 Å². The monoisotopic (exact) mass is 241 g/mol. The minimum absolute atomic E-state index is 0.882. The summed E-state index contributed by atoms with van der Waals surface area (Å²) in [5.41, 5.74) is 3.21. The van der Waals surface area contributed by atoms with Crippen molar-refractivity contribution in [2.24, 2.45) is 0 Å². The molecule has 3 aromatic rings. The van der Waals surface area contributed by atoms with Crippen molar-refractivity contribution in [1.82, 2.24) is 15.0 Å². The van der Waals surface area contributed by atoms with Gasteiger partial charge in [-0.3, -0.25) is 0 Å². The molecule has 0 atom stereocenters. The Morgan fingerprint density at radius 3 is 2.82 bits per heavy atom. The Bertz CT molecular complexity index is 627. The number of fused-ring (bicyclic) bond motifs is 1. The van der Waals surface area contributed by atoms with Crippen LogP contribution in [0.4, 0.5) is 0 Å². The molecule has 2 aromatic heterocycles. The molecule has 0 radical (unpaired) electrons. The van der Waals surface area contributed by atoms with Gasteiger partial charge in [-0.1, -0.05) is 18.2 Å². The van der Waals surface area contributed by atoms with E-state index >= 15 is 0 Å². The van der Waals surface area contributed by atoms with Crippen LogP contribution in [-0.4, -0.2) is 15.0 Å². The lowest BCUT2D eigenvalue weighted by Gasteiger charge is -1.99. The molecule has 2 heterocycles. The summed E-state index contributed by atoms with van der Waals surface area (Å²) in [7, 11) is 0. The number of H-pyrrole nitrogens is 1. The van der Waals surface area contributed by atoms with Crippen molar-refractivity contribution in [3.05, 3.63) is 48.2 Å². The molecule has 3 nitrogen and oxygen atoms in total. The molecular weight excluding hydrogens is 230 g/mol. The summed E-state index contributed by atoms with van der Waals surface area (Å²) < 4.78 is 0. The quantitative estimate of drug-likeness (QED) is 0.747. The summed E-state index contributed by atoms with van der Waals surface area (Å²) in [6.45, 7) is 2.05. The van der Waals surface area contributed by atoms with E-state index in [-0.39, 0.29) is 0 Å². The van der Waals surface area contributed by atoms with E-state index in [9.17, 15) is 0 Å². The summed E-state index contributed by atoms with van der Waals surface area (Å²) in [6.07, 6.45) is 1.80. The maximum Gasteiger partial charge on any atom is 0.172 e. The number of nitrogens with one attached hydrogen (secondary N) is 1. The Balaban J connectivity index is 1.98. The maximum absolute atomic E-state index is 4.52. The predicted molar refractivity (Wildman–Crippen MR) is 69.2 cm³/mol. The number of benzene rings is 1. The molecule has 17 heavy (non-hydrogen) atoms. The lowest BCUT2D eigenvalue weighted by Crippen LogP contribution is -1.84. The van der Waals surface area contributed by atoms with E-state index in [1.807, 2.05) is 30.3 Å². The lowest BCUT2D eigenvalue weighted by molar-refractivity contribution is 1.04. The van der Waals surface area contributed by atoms with Gasteiger partial charge in [0.25, 0.3) is 0 Å². The minimum atomic E-state index is 0.882. The molecule has 1 aromatic carbocycles. The molecule has 0 unspecified atom stereocenters. The molecule has 0 bridgehead atoms. The van der Waals surface area contributed by atoms with Crippen molar-refractivity contribution < 1.29 is 0 Å². The SMILES string of the molecule is Cc1cccnc1Sc1nc2ccccc2[nH]1. The number of nitrogens with zero attached hydrogens (tertiary/aromatic N) is 2. The zero-order valence-corrected chi connectivity index (χ0v) is 10.2. The molecule has 0 aliphatic rings. The van der Waals surface area contributed by atoms with Gasteiger partial charge in [0.05, 0.1) is 11.0 Å². The molecule has 0 fully saturated rings. The molecule has 0 amide bonds. The van der Waals surface area contributed by atoms with Crippen LogP contribution in [0, 0.1) is 6.92 Å². The van der Waals surface area contributed by atoms with Crippen LogP contribution in [0.15, 0.2) is 52.8 Å². The minimum Gasteiger partial charge on any atom is -0.333 e. The first-order chi connectivity index (χ1) is 8.33. The highest BCUT2D eigenvalue weighted by atomic mass is 32.2. The number of hydrogen-bond donors (Lipinski definition) is 1. The summed E-state index contributed by atoms with van der Waals surface area (Å²) in [6, 6.07) is 12.0. The van der Waals surface area contributed by atoms with E-state index in [0.717, 1.165) is 26.8 Å². The molecular formula is C13H11N3S. The van der Waals surface area contributed by atoms with E-state index < -0.39 is 0 Å². The highest BCUT2D eigenvalue weighted by Gasteiger charge is 2.06. The van der Waals surface area contributed by atoms with E-state index in [1.54, 1.807) is 18.0 Å². The zero-order chi connectivity index (χ0) is 11.7. The molecule has 0 saturated heterocycles. The van der Waals surface area contributed by atoms with Gasteiger partial charge < -0.3 is 4.98 Å². The lowest BCUT2D eigenvalue weighted by atomic mass is 10.3. The first-order valence-electron chi connectivity index (χ1n) is 5.37. The van der Waals surface area contributed by atoms with Gasteiger partial charge in [-0.05, 0) is 42.4 Å². The van der Waals surface area contributed by atoms with E-state index in [0.29, 0.717) is 0 Å². The smallest absolute Gasteiger partial charge is 0.172 e. The molecule has 1 N–H and O–H groups in total. The fourth-order valence-electron chi connectivity index (χ4n) is 1.65. The molecule has 0 aliphatic carbocycles. The maximum atomic E-state index is 4.52. The summed E-state index contributed by atoms with van der Waals surface area (Å²) in [4.78, 5) is 12.1. The first kappa shape index (κ1) is 10.4. The Labute approximate surface area is 103 Å². The van der Waals surface area contributed by atoms with Gasteiger partial charge in [0.15, 0.2) is 5.16 Å². The highest BCUT2D eigenvalue weighted by molar-refractivity contribution is 7.99. The van der Waals surface area contributed by atoms with Crippen LogP contribution in [0.25, 0.3) is 11.0 Å². The van der Waals surface area contributed by atoms with Crippen molar-refractivity contribution >= 4 is 22.8 Å². The number of aryl methyl sites for hydroxylation is 1. The summed E-state index contributed by atoms with van der Waals surface area (Å²) >= 11 is 1.56. The van der Waals surface area contributed by atoms with Gasteiger partial charge >= 0.3 is 0 Å². The molecule has 0 saturated carbocycles. The Kier molecular flexibility index (Phi) is 2.57. The first-order valence-corrected chi connectivity index (χ1v) is 6.19. The highest BCUT2D eigenvalue weighted by Crippen LogP contribution is 2.27. The molecule has 84 valence electrons. The van der Waals surface area contributed by atoms with Gasteiger partial charge in [0, 0.05) is 6.20 Å². The number of imidazole rings is 1. The standard InChI is InChI=1S/C13H11N3S/c1-9-5-4-8-14-12(9)17-13-15-10-6-2-3-7-11(10)16-13/h2-8H,1H3,(H,15,16). The molecule has 0 aliphatic heterocycles. The number of aromatic amines is 1. The van der Waals surface area contributed by atoms with E-state index in [2.05, 4.69) is 27.9 Å². The van der Waals surface area contributed by atoms with Gasteiger partial charge in [-0.25, -0.2) is 9.97 Å². The van der Waals surface area contributed by atoms with Gasteiger partial charge in [0.2, 0.25) is 0 Å². The van der Waals surface area contributed by atoms with Crippen molar-refractivity contribution in [1.29, 1.82) is 0 Å². The van der Waals surface area contributed by atoms with Crippen molar-refractivity contribution in [2.45, 2.75) is 17.1 Å². The normalized spacial score (nSPS) is 10.9. The largest absolute Gasteiger partial charge is 0.333 e. The van der Waals surface area contributed by atoms with Crippen molar-refractivity contribution in [3.63, 3.8) is 0 Å². The molecule has 3 rings (SSSR count). The number of hydrogen-bond acceptors (Lipinski definition) is 3. The van der Waals surface area contributed by atoms with E-state index in [4.69, 9.17) is 0 Å². The second-order valence-corrected chi connectivity index (χ2v) is 4.76. The topological polar surface area (TPSA) is 41.6 Å². The van der Waals surface area contributed by atoms with Crippen LogP contribution in [0.5, 0.6) is 0 Å². The third kappa shape index (κ3) is 2.03. The Morgan fingerprint density at radius 2 is 2.00 bits per heavy atom. The van der Waals surface area contributed by atoms with Gasteiger partial charge in [-0.2, -0.15) is 0 Å². The molecule has 0 spiro atoms. The summed E-state index contributed by atoms with van der Waals surface area (Å²) in [5, 5.41) is 1.87. The second kappa shape index (κ2) is 4.22. The number of aromatic nitrogens is 3. The third-order valence-corrected chi connectivity index (χ3v) is 3.53. The van der Waals surface area contributed by atoms with Gasteiger partial charge in [0.1, 0.15) is 5.03 Å². The van der Waals surface area contributed by atoms with Crippen molar-refractivity contribution in [3.8, 4) is 0 Å². The third-order valence-electron chi connectivity index (χ3n) is 2.52. The number of pyridine rings is 1. The average Bonchev–Trinajstić information content (AvgIpc) is 2.74. The summed E-state index contributed by atoms with van der Waals surface area (Å²) in [5.74, 6) is 0. The molecule has 4 heteroatoms. The predicted octanol–water partition coefficient (Wildman–Crippen LogP) is 3.42. The van der Waals surface area contributed by atoms with Crippen LogP contribution < -0.4 is 0 Å². The fourth-order valence-corrected chi connectivity index (χ4v) is 2.48. The zero-order valence-electron chi connectivity index (χ0n) is 9.34. The van der Waals surface area contributed by atoms with Crippen LogP contribution >= 0.6 is 11.8 Å². The Hall–Kier alpha value is -1.81. The second-order valence-electron chi connectivity index (χ2n) is 3.79. The van der Waals surface area contributed by atoms with Crippen LogP contribution in [-0.2, 0) is 0 Å².